The Morgan fingerprint density at radius 1 is 1.26 bits per heavy atom. The summed E-state index contributed by atoms with van der Waals surface area (Å²) < 4.78 is 18.2. The molecule has 0 radical (unpaired) electrons. The third-order valence-electron chi connectivity index (χ3n) is 3.32. The van der Waals surface area contributed by atoms with Crippen LogP contribution in [0.1, 0.15) is 28.9 Å². The van der Waals surface area contributed by atoms with Gasteiger partial charge in [0.15, 0.2) is 0 Å². The lowest BCUT2D eigenvalue weighted by atomic mass is 10.1. The molecule has 0 amide bonds. The van der Waals surface area contributed by atoms with E-state index in [9.17, 15) is 19.3 Å². The largest absolute Gasteiger partial charge is 0.454 e. The highest BCUT2D eigenvalue weighted by atomic mass is 19.1. The lowest BCUT2D eigenvalue weighted by Gasteiger charge is -2.14. The number of nitrogens with one attached hydrogen (secondary N) is 1. The number of benzene rings is 2. The molecule has 120 valence electrons. The standard InChI is InChI=1S/C16H15FN2O4/c1-10(11-3-6-13(17)7-4-11)23-16(20)12-5-8-14(18-2)15(9-12)19(21)22/h3-10,18H,1-2H3/t10-/m0/s1. The van der Waals surface area contributed by atoms with E-state index in [2.05, 4.69) is 5.32 Å². The summed E-state index contributed by atoms with van der Waals surface area (Å²) in [6.45, 7) is 1.64. The molecule has 2 aromatic carbocycles. The average Bonchev–Trinajstić information content (AvgIpc) is 2.54. The topological polar surface area (TPSA) is 81.5 Å². The van der Waals surface area contributed by atoms with Crippen molar-refractivity contribution in [2.75, 3.05) is 12.4 Å². The van der Waals surface area contributed by atoms with Crippen LogP contribution in [0.15, 0.2) is 42.5 Å². The van der Waals surface area contributed by atoms with Gasteiger partial charge < -0.3 is 10.1 Å². The number of ether oxygens (including phenoxy) is 1. The van der Waals surface area contributed by atoms with Gasteiger partial charge >= 0.3 is 5.97 Å². The van der Waals surface area contributed by atoms with Crippen molar-refractivity contribution in [2.24, 2.45) is 0 Å². The van der Waals surface area contributed by atoms with E-state index in [-0.39, 0.29) is 17.1 Å². The van der Waals surface area contributed by atoms with E-state index in [1.807, 2.05) is 0 Å². The van der Waals surface area contributed by atoms with Gasteiger partial charge in [-0.25, -0.2) is 9.18 Å². The number of carbonyl (C=O) groups excluding carboxylic acids is 1. The molecular formula is C16H15FN2O4. The first-order chi connectivity index (χ1) is 10.9. The molecule has 0 fully saturated rings. The zero-order chi connectivity index (χ0) is 17.0. The average molecular weight is 318 g/mol. The highest BCUT2D eigenvalue weighted by Crippen LogP contribution is 2.26. The molecule has 0 aliphatic carbocycles. The van der Waals surface area contributed by atoms with E-state index in [0.717, 1.165) is 6.07 Å². The normalized spacial score (nSPS) is 11.6. The van der Waals surface area contributed by atoms with Crippen LogP contribution in [0.25, 0.3) is 0 Å². The Balaban J connectivity index is 2.18. The Morgan fingerprint density at radius 2 is 1.91 bits per heavy atom. The van der Waals surface area contributed by atoms with Crippen molar-refractivity contribution in [1.82, 2.24) is 0 Å². The van der Waals surface area contributed by atoms with Gasteiger partial charge in [-0.05, 0) is 36.8 Å². The summed E-state index contributed by atoms with van der Waals surface area (Å²) in [7, 11) is 1.55. The third kappa shape index (κ3) is 3.82. The second-order valence-corrected chi connectivity index (χ2v) is 4.84. The lowest BCUT2D eigenvalue weighted by Crippen LogP contribution is -2.10. The van der Waals surface area contributed by atoms with Gasteiger partial charge in [0, 0.05) is 13.1 Å². The van der Waals surface area contributed by atoms with Gasteiger partial charge in [-0.15, -0.1) is 0 Å². The molecule has 0 saturated carbocycles. The Morgan fingerprint density at radius 3 is 2.48 bits per heavy atom. The van der Waals surface area contributed by atoms with Crippen molar-refractivity contribution in [1.29, 1.82) is 0 Å². The van der Waals surface area contributed by atoms with Crippen molar-refractivity contribution < 1.29 is 18.8 Å². The summed E-state index contributed by atoms with van der Waals surface area (Å²) in [5.74, 6) is -1.07. The number of nitro benzene ring substituents is 1. The van der Waals surface area contributed by atoms with E-state index >= 15 is 0 Å². The molecule has 1 N–H and O–H groups in total. The Labute approximate surface area is 132 Å². The number of anilines is 1. The van der Waals surface area contributed by atoms with Crippen LogP contribution in [-0.2, 0) is 4.74 Å². The SMILES string of the molecule is CNc1ccc(C(=O)O[C@@H](C)c2ccc(F)cc2)cc1[N+](=O)[O-]. The molecule has 23 heavy (non-hydrogen) atoms. The fraction of sp³-hybridized carbons (Fsp3) is 0.188. The van der Waals surface area contributed by atoms with Crippen LogP contribution in [0.2, 0.25) is 0 Å². The molecule has 0 aliphatic heterocycles. The van der Waals surface area contributed by atoms with Gasteiger partial charge in [-0.3, -0.25) is 10.1 Å². The first-order valence-electron chi connectivity index (χ1n) is 6.85. The lowest BCUT2D eigenvalue weighted by molar-refractivity contribution is -0.384. The van der Waals surface area contributed by atoms with Crippen LogP contribution in [0, 0.1) is 15.9 Å². The number of esters is 1. The second-order valence-electron chi connectivity index (χ2n) is 4.84. The third-order valence-corrected chi connectivity index (χ3v) is 3.32. The summed E-state index contributed by atoms with van der Waals surface area (Å²) in [5.41, 5.74) is 0.792. The minimum absolute atomic E-state index is 0.0738. The fourth-order valence-corrected chi connectivity index (χ4v) is 2.05. The molecule has 0 bridgehead atoms. The van der Waals surface area contributed by atoms with E-state index in [4.69, 9.17) is 4.74 Å². The van der Waals surface area contributed by atoms with Crippen LogP contribution >= 0.6 is 0 Å². The Bertz CT molecular complexity index is 731. The summed E-state index contributed by atoms with van der Waals surface area (Å²) in [6.07, 6.45) is -0.605. The summed E-state index contributed by atoms with van der Waals surface area (Å²) in [6, 6.07) is 9.61. The second kappa shape index (κ2) is 6.87. The molecule has 2 aromatic rings. The maximum absolute atomic E-state index is 12.9. The predicted molar refractivity (Wildman–Crippen MR) is 82.9 cm³/mol. The van der Waals surface area contributed by atoms with Crippen molar-refractivity contribution in [3.05, 3.63) is 69.5 Å². The van der Waals surface area contributed by atoms with Gasteiger partial charge in [0.25, 0.3) is 5.69 Å². The monoisotopic (exact) mass is 318 g/mol. The number of carbonyl (C=O) groups is 1. The Hall–Kier alpha value is -2.96. The quantitative estimate of drug-likeness (QED) is 0.516. The zero-order valence-electron chi connectivity index (χ0n) is 12.6. The van der Waals surface area contributed by atoms with E-state index in [1.54, 1.807) is 14.0 Å². The zero-order valence-corrected chi connectivity index (χ0v) is 12.6. The van der Waals surface area contributed by atoms with E-state index in [1.165, 1.54) is 36.4 Å². The van der Waals surface area contributed by atoms with Crippen molar-refractivity contribution in [3.63, 3.8) is 0 Å². The number of nitro groups is 1. The van der Waals surface area contributed by atoms with Crippen LogP contribution < -0.4 is 5.32 Å². The van der Waals surface area contributed by atoms with Crippen LogP contribution in [0.5, 0.6) is 0 Å². The number of hydrogen-bond acceptors (Lipinski definition) is 5. The number of hydrogen-bond donors (Lipinski definition) is 1. The van der Waals surface area contributed by atoms with Crippen molar-refractivity contribution in [3.8, 4) is 0 Å². The minimum Gasteiger partial charge on any atom is -0.454 e. The smallest absolute Gasteiger partial charge is 0.338 e. The molecule has 0 heterocycles. The maximum Gasteiger partial charge on any atom is 0.338 e. The first-order valence-corrected chi connectivity index (χ1v) is 6.85. The highest BCUT2D eigenvalue weighted by Gasteiger charge is 2.19. The predicted octanol–water partition coefficient (Wildman–Crippen LogP) is 3.69. The van der Waals surface area contributed by atoms with Crippen LogP contribution in [-0.4, -0.2) is 17.9 Å². The van der Waals surface area contributed by atoms with E-state index < -0.39 is 17.0 Å². The van der Waals surface area contributed by atoms with E-state index in [0.29, 0.717) is 11.3 Å². The molecule has 6 nitrogen and oxygen atoms in total. The highest BCUT2D eigenvalue weighted by molar-refractivity contribution is 5.91. The number of nitrogens with zero attached hydrogens (tertiary/aromatic N) is 1. The van der Waals surface area contributed by atoms with Gasteiger partial charge in [0.05, 0.1) is 10.5 Å². The summed E-state index contributed by atoms with van der Waals surface area (Å²) in [4.78, 5) is 22.6. The molecule has 0 spiro atoms. The van der Waals surface area contributed by atoms with Gasteiger partial charge in [-0.2, -0.15) is 0 Å². The molecule has 0 aliphatic rings. The van der Waals surface area contributed by atoms with Crippen LogP contribution in [0.4, 0.5) is 15.8 Å². The first kappa shape index (κ1) is 16.4. The van der Waals surface area contributed by atoms with Gasteiger partial charge in [-0.1, -0.05) is 12.1 Å². The molecular weight excluding hydrogens is 303 g/mol. The van der Waals surface area contributed by atoms with Gasteiger partial charge in [0.1, 0.15) is 17.6 Å². The number of halogens is 1. The molecule has 0 unspecified atom stereocenters. The summed E-state index contributed by atoms with van der Waals surface area (Å²) >= 11 is 0. The summed E-state index contributed by atoms with van der Waals surface area (Å²) in [5, 5.41) is 13.7. The van der Waals surface area contributed by atoms with Crippen molar-refractivity contribution >= 4 is 17.3 Å². The fourth-order valence-electron chi connectivity index (χ4n) is 2.05. The minimum atomic E-state index is -0.687. The van der Waals surface area contributed by atoms with Crippen molar-refractivity contribution in [2.45, 2.75) is 13.0 Å². The molecule has 2 rings (SSSR count). The van der Waals surface area contributed by atoms with Gasteiger partial charge in [0.2, 0.25) is 0 Å². The molecule has 7 heteroatoms. The molecule has 0 saturated heterocycles. The maximum atomic E-state index is 12.9. The molecule has 0 aromatic heterocycles. The number of rotatable bonds is 5. The molecule has 1 atom stereocenters. The van der Waals surface area contributed by atoms with Crippen LogP contribution in [0.3, 0.4) is 0 Å². The Kier molecular flexibility index (Phi) is 4.90.